The Morgan fingerprint density at radius 3 is 2.61 bits per heavy atom. The Hall–Kier alpha value is -1.75. The number of benzene rings is 1. The number of nitrogens with one attached hydrogen (secondary N) is 1. The topological polar surface area (TPSA) is 51.0 Å². The third-order valence-corrected chi connectivity index (χ3v) is 2.82. The standard InChI is InChI=1S/C13H16FN3O/c1-9(7-11-3-5-12(14)6-4-11)15-8-13-10(2)16-18-17-13/h3-6,9,15H,7-8H2,1-2H3. The number of hydrogen-bond donors (Lipinski definition) is 1. The van der Waals surface area contributed by atoms with E-state index in [1.807, 2.05) is 6.92 Å². The summed E-state index contributed by atoms with van der Waals surface area (Å²) in [4.78, 5) is 0. The van der Waals surface area contributed by atoms with Crippen LogP contribution >= 0.6 is 0 Å². The quantitative estimate of drug-likeness (QED) is 0.883. The first-order chi connectivity index (χ1) is 8.65. The van der Waals surface area contributed by atoms with Crippen molar-refractivity contribution in [3.8, 4) is 0 Å². The minimum Gasteiger partial charge on any atom is -0.308 e. The lowest BCUT2D eigenvalue weighted by Crippen LogP contribution is -2.28. The van der Waals surface area contributed by atoms with Crippen molar-refractivity contribution in [3.05, 3.63) is 47.0 Å². The van der Waals surface area contributed by atoms with Gasteiger partial charge in [-0.25, -0.2) is 9.02 Å². The van der Waals surface area contributed by atoms with Crippen LogP contribution in [0.5, 0.6) is 0 Å². The minimum atomic E-state index is -0.205. The van der Waals surface area contributed by atoms with E-state index in [4.69, 9.17) is 0 Å². The highest BCUT2D eigenvalue weighted by atomic mass is 19.1. The van der Waals surface area contributed by atoms with Gasteiger partial charge in [0.2, 0.25) is 0 Å². The van der Waals surface area contributed by atoms with Crippen LogP contribution in [0.3, 0.4) is 0 Å². The second kappa shape index (κ2) is 5.73. The lowest BCUT2D eigenvalue weighted by Gasteiger charge is -2.12. The second-order valence-corrected chi connectivity index (χ2v) is 4.41. The maximum Gasteiger partial charge on any atom is 0.123 e. The summed E-state index contributed by atoms with van der Waals surface area (Å²) in [5.41, 5.74) is 2.73. The predicted molar refractivity (Wildman–Crippen MR) is 65.4 cm³/mol. The number of nitrogens with zero attached hydrogens (tertiary/aromatic N) is 2. The maximum atomic E-state index is 12.8. The molecule has 1 aromatic heterocycles. The summed E-state index contributed by atoms with van der Waals surface area (Å²) in [6.07, 6.45) is 0.838. The first-order valence-electron chi connectivity index (χ1n) is 5.91. The van der Waals surface area contributed by atoms with Gasteiger partial charge in [-0.3, -0.25) is 0 Å². The molecule has 2 aromatic rings. The largest absolute Gasteiger partial charge is 0.308 e. The van der Waals surface area contributed by atoms with Crippen LogP contribution in [0.1, 0.15) is 23.9 Å². The molecule has 0 saturated heterocycles. The monoisotopic (exact) mass is 249 g/mol. The fraction of sp³-hybridized carbons (Fsp3) is 0.385. The molecule has 0 bridgehead atoms. The Bertz CT molecular complexity index is 495. The summed E-state index contributed by atoms with van der Waals surface area (Å²) in [7, 11) is 0. The van der Waals surface area contributed by atoms with Crippen molar-refractivity contribution in [1.29, 1.82) is 0 Å². The minimum absolute atomic E-state index is 0.205. The first kappa shape index (κ1) is 12.7. The lowest BCUT2D eigenvalue weighted by atomic mass is 10.1. The first-order valence-corrected chi connectivity index (χ1v) is 5.91. The van der Waals surface area contributed by atoms with E-state index in [2.05, 4.69) is 27.2 Å². The van der Waals surface area contributed by atoms with Gasteiger partial charge in [-0.05, 0) is 38.0 Å². The zero-order valence-corrected chi connectivity index (χ0v) is 10.5. The summed E-state index contributed by atoms with van der Waals surface area (Å²) >= 11 is 0. The smallest absolute Gasteiger partial charge is 0.123 e. The normalized spacial score (nSPS) is 12.6. The maximum absolute atomic E-state index is 12.8. The van der Waals surface area contributed by atoms with E-state index in [0.29, 0.717) is 6.54 Å². The Morgan fingerprint density at radius 1 is 1.28 bits per heavy atom. The van der Waals surface area contributed by atoms with Crippen LogP contribution < -0.4 is 5.32 Å². The predicted octanol–water partition coefficient (Wildman–Crippen LogP) is 2.24. The summed E-state index contributed by atoms with van der Waals surface area (Å²) in [5, 5.41) is 10.9. The van der Waals surface area contributed by atoms with Gasteiger partial charge in [-0.15, -0.1) is 0 Å². The van der Waals surface area contributed by atoms with E-state index >= 15 is 0 Å². The van der Waals surface area contributed by atoms with E-state index in [0.717, 1.165) is 23.4 Å². The van der Waals surface area contributed by atoms with Gasteiger partial charge in [0.25, 0.3) is 0 Å². The molecule has 0 amide bonds. The van der Waals surface area contributed by atoms with Crippen molar-refractivity contribution >= 4 is 0 Å². The molecule has 1 heterocycles. The Labute approximate surface area is 105 Å². The van der Waals surface area contributed by atoms with Crippen LogP contribution in [0.25, 0.3) is 0 Å². The fourth-order valence-electron chi connectivity index (χ4n) is 1.73. The molecule has 0 radical (unpaired) electrons. The molecule has 0 aliphatic rings. The van der Waals surface area contributed by atoms with Crippen LogP contribution in [-0.4, -0.2) is 16.4 Å². The van der Waals surface area contributed by atoms with Gasteiger partial charge in [-0.1, -0.05) is 22.4 Å². The number of hydrogen-bond acceptors (Lipinski definition) is 4. The van der Waals surface area contributed by atoms with E-state index < -0.39 is 0 Å². The van der Waals surface area contributed by atoms with Gasteiger partial charge in [0.15, 0.2) is 0 Å². The van der Waals surface area contributed by atoms with Crippen molar-refractivity contribution in [2.75, 3.05) is 0 Å². The molecule has 1 N–H and O–H groups in total. The number of aryl methyl sites for hydroxylation is 1. The molecule has 0 aliphatic heterocycles. The molecule has 0 aliphatic carbocycles. The third kappa shape index (κ3) is 3.37. The Balaban J connectivity index is 1.83. The molecule has 2 rings (SSSR count). The van der Waals surface area contributed by atoms with Crippen LogP contribution in [-0.2, 0) is 13.0 Å². The van der Waals surface area contributed by atoms with Gasteiger partial charge in [0, 0.05) is 12.6 Å². The molecular formula is C13H16FN3O. The van der Waals surface area contributed by atoms with Gasteiger partial charge in [0.05, 0.1) is 0 Å². The summed E-state index contributed by atoms with van der Waals surface area (Å²) in [6, 6.07) is 6.83. The zero-order chi connectivity index (χ0) is 13.0. The van der Waals surface area contributed by atoms with Gasteiger partial charge < -0.3 is 5.32 Å². The van der Waals surface area contributed by atoms with E-state index in [9.17, 15) is 4.39 Å². The average molecular weight is 249 g/mol. The van der Waals surface area contributed by atoms with E-state index in [1.165, 1.54) is 12.1 Å². The van der Waals surface area contributed by atoms with Gasteiger partial charge in [0.1, 0.15) is 17.2 Å². The molecule has 1 atom stereocenters. The molecular weight excluding hydrogens is 233 g/mol. The van der Waals surface area contributed by atoms with Crippen molar-refractivity contribution < 1.29 is 9.02 Å². The molecule has 4 nitrogen and oxygen atoms in total. The van der Waals surface area contributed by atoms with Crippen molar-refractivity contribution in [3.63, 3.8) is 0 Å². The van der Waals surface area contributed by atoms with Crippen molar-refractivity contribution in [2.45, 2.75) is 32.9 Å². The van der Waals surface area contributed by atoms with Crippen LogP contribution in [0, 0.1) is 12.7 Å². The highest BCUT2D eigenvalue weighted by Crippen LogP contribution is 2.06. The lowest BCUT2D eigenvalue weighted by molar-refractivity contribution is 0.300. The number of halogens is 1. The van der Waals surface area contributed by atoms with E-state index in [-0.39, 0.29) is 11.9 Å². The van der Waals surface area contributed by atoms with Gasteiger partial charge >= 0.3 is 0 Å². The highest BCUT2D eigenvalue weighted by molar-refractivity contribution is 5.17. The zero-order valence-electron chi connectivity index (χ0n) is 10.5. The third-order valence-electron chi connectivity index (χ3n) is 2.82. The summed E-state index contributed by atoms with van der Waals surface area (Å²) in [6.45, 7) is 4.56. The SMILES string of the molecule is Cc1nonc1CNC(C)Cc1ccc(F)cc1. The Kier molecular flexibility index (Phi) is 4.04. The molecule has 0 fully saturated rings. The summed E-state index contributed by atoms with van der Waals surface area (Å²) < 4.78 is 17.4. The summed E-state index contributed by atoms with van der Waals surface area (Å²) in [5.74, 6) is -0.205. The number of aromatic nitrogens is 2. The molecule has 0 spiro atoms. The molecule has 0 saturated carbocycles. The highest BCUT2D eigenvalue weighted by Gasteiger charge is 2.08. The molecule has 96 valence electrons. The van der Waals surface area contributed by atoms with Crippen LogP contribution in [0.4, 0.5) is 4.39 Å². The van der Waals surface area contributed by atoms with Crippen molar-refractivity contribution in [1.82, 2.24) is 15.6 Å². The fourth-order valence-corrected chi connectivity index (χ4v) is 1.73. The van der Waals surface area contributed by atoms with Crippen LogP contribution in [0.15, 0.2) is 28.9 Å². The van der Waals surface area contributed by atoms with Crippen molar-refractivity contribution in [2.24, 2.45) is 0 Å². The number of rotatable bonds is 5. The molecule has 1 unspecified atom stereocenters. The van der Waals surface area contributed by atoms with E-state index in [1.54, 1.807) is 12.1 Å². The average Bonchev–Trinajstić information content (AvgIpc) is 2.75. The molecule has 5 heteroatoms. The van der Waals surface area contributed by atoms with Gasteiger partial charge in [-0.2, -0.15) is 0 Å². The second-order valence-electron chi connectivity index (χ2n) is 4.41. The molecule has 18 heavy (non-hydrogen) atoms. The molecule has 1 aromatic carbocycles. The Morgan fingerprint density at radius 2 is 2.00 bits per heavy atom. The van der Waals surface area contributed by atoms with Crippen LogP contribution in [0.2, 0.25) is 0 Å².